The molecular weight excluding hydrogens is 542 g/mol. The van der Waals surface area contributed by atoms with Gasteiger partial charge in [-0.25, -0.2) is 24.9 Å². The van der Waals surface area contributed by atoms with Crippen molar-refractivity contribution in [3.63, 3.8) is 0 Å². The number of halogens is 1. The second-order valence-electron chi connectivity index (χ2n) is 9.68. The van der Waals surface area contributed by atoms with Gasteiger partial charge in [0.1, 0.15) is 46.6 Å². The largest absolute Gasteiger partial charge is 0.496 e. The molecule has 0 aliphatic carbocycles. The summed E-state index contributed by atoms with van der Waals surface area (Å²) in [6.07, 6.45) is 6.56. The first kappa shape index (κ1) is 28.5. The fourth-order valence-corrected chi connectivity index (χ4v) is 5.08. The van der Waals surface area contributed by atoms with Crippen LogP contribution in [0.25, 0.3) is 11.3 Å². The van der Waals surface area contributed by atoms with Crippen LogP contribution >= 0.6 is 11.6 Å². The summed E-state index contributed by atoms with van der Waals surface area (Å²) in [5.41, 5.74) is 3.90. The zero-order valence-electron chi connectivity index (χ0n) is 23.7. The van der Waals surface area contributed by atoms with Crippen molar-refractivity contribution in [2.75, 3.05) is 57.6 Å². The first-order valence-corrected chi connectivity index (χ1v) is 13.8. The highest BCUT2D eigenvalue weighted by Gasteiger charge is 2.19. The van der Waals surface area contributed by atoms with Crippen LogP contribution in [0.15, 0.2) is 49.3 Å². The van der Waals surface area contributed by atoms with E-state index in [9.17, 15) is 0 Å². The number of aromatic nitrogens is 5. The minimum absolute atomic E-state index is 0.415. The Morgan fingerprint density at radius 3 is 2.34 bits per heavy atom. The summed E-state index contributed by atoms with van der Waals surface area (Å²) >= 11 is 6.65. The molecule has 214 valence electrons. The van der Waals surface area contributed by atoms with Gasteiger partial charge in [0.15, 0.2) is 0 Å². The average molecular weight is 576 g/mol. The number of ether oxygens (including phenoxy) is 2. The molecule has 1 aromatic carbocycles. The minimum atomic E-state index is 0.415. The zero-order valence-corrected chi connectivity index (χ0v) is 24.4. The molecule has 0 atom stereocenters. The molecule has 4 aromatic rings. The fourth-order valence-electron chi connectivity index (χ4n) is 4.76. The second kappa shape index (κ2) is 13.1. The lowest BCUT2D eigenvalue weighted by Crippen LogP contribution is -2.45. The van der Waals surface area contributed by atoms with E-state index in [1.807, 2.05) is 25.3 Å². The number of hydrogen-bond donors (Lipinski definition) is 2. The number of nitrogens with zero attached hydrogens (tertiary/aromatic N) is 7. The van der Waals surface area contributed by atoms with Gasteiger partial charge in [-0.05, 0) is 25.1 Å². The van der Waals surface area contributed by atoms with Gasteiger partial charge in [-0.1, -0.05) is 24.6 Å². The molecule has 1 fully saturated rings. The standard InChI is InChI=1S/C29H34ClN9O2/c1-5-38-8-10-39(11-9-38)16-20-6-7-25(32-14-20)36-26-12-22(33-18-34-26)21-15-31-17-35-29(21)37-28-19(2)23(40-3)13-24(41-4)27(28)30/h6-7,12-15,17-18H,5,8-11,16H2,1-4H3,(H,31,35,37)(H,32,33,34,36). The van der Waals surface area contributed by atoms with Gasteiger partial charge in [0.25, 0.3) is 0 Å². The van der Waals surface area contributed by atoms with Gasteiger partial charge >= 0.3 is 0 Å². The molecule has 1 aliphatic heterocycles. The Morgan fingerprint density at radius 1 is 0.854 bits per heavy atom. The van der Waals surface area contributed by atoms with Crippen molar-refractivity contribution in [3.8, 4) is 22.8 Å². The van der Waals surface area contributed by atoms with E-state index in [0.29, 0.717) is 50.9 Å². The van der Waals surface area contributed by atoms with Crippen molar-refractivity contribution in [2.24, 2.45) is 0 Å². The SMILES string of the molecule is CCN1CCN(Cc2ccc(Nc3cc(-c4cncnc4Nc4c(C)c(OC)cc(OC)c4Cl)ncn3)nc2)CC1. The van der Waals surface area contributed by atoms with Crippen LogP contribution in [-0.2, 0) is 6.54 Å². The summed E-state index contributed by atoms with van der Waals surface area (Å²) in [5.74, 6) is 2.93. The van der Waals surface area contributed by atoms with Crippen LogP contribution in [0.5, 0.6) is 11.5 Å². The predicted octanol–water partition coefficient (Wildman–Crippen LogP) is 4.93. The van der Waals surface area contributed by atoms with Gasteiger partial charge in [0, 0.05) is 62.8 Å². The lowest BCUT2D eigenvalue weighted by Gasteiger charge is -2.33. The summed E-state index contributed by atoms with van der Waals surface area (Å²) in [7, 11) is 3.16. The molecule has 11 nitrogen and oxygen atoms in total. The van der Waals surface area contributed by atoms with Gasteiger partial charge in [0.05, 0.1) is 31.2 Å². The Morgan fingerprint density at radius 2 is 1.63 bits per heavy atom. The van der Waals surface area contributed by atoms with Crippen molar-refractivity contribution >= 4 is 34.7 Å². The molecule has 2 N–H and O–H groups in total. The number of hydrogen-bond acceptors (Lipinski definition) is 11. The Hall–Kier alpha value is -4.06. The van der Waals surface area contributed by atoms with Gasteiger partial charge in [0.2, 0.25) is 0 Å². The number of nitrogens with one attached hydrogen (secondary N) is 2. The molecule has 4 heterocycles. The smallest absolute Gasteiger partial charge is 0.143 e. The van der Waals surface area contributed by atoms with Crippen molar-refractivity contribution in [2.45, 2.75) is 20.4 Å². The van der Waals surface area contributed by atoms with Crippen LogP contribution in [-0.4, -0.2) is 81.7 Å². The highest BCUT2D eigenvalue weighted by molar-refractivity contribution is 6.35. The Labute approximate surface area is 244 Å². The monoisotopic (exact) mass is 575 g/mol. The van der Waals surface area contributed by atoms with E-state index in [0.717, 1.165) is 44.8 Å². The zero-order chi connectivity index (χ0) is 28.8. The van der Waals surface area contributed by atoms with Crippen molar-refractivity contribution in [1.82, 2.24) is 34.7 Å². The molecule has 1 saturated heterocycles. The van der Waals surface area contributed by atoms with Crippen LogP contribution in [0.4, 0.5) is 23.1 Å². The lowest BCUT2D eigenvalue weighted by molar-refractivity contribution is 0.132. The molecule has 3 aromatic heterocycles. The van der Waals surface area contributed by atoms with E-state index >= 15 is 0 Å². The molecule has 0 amide bonds. The molecule has 1 aliphatic rings. The molecule has 0 saturated carbocycles. The molecule has 12 heteroatoms. The van der Waals surface area contributed by atoms with E-state index in [1.54, 1.807) is 26.5 Å². The maximum Gasteiger partial charge on any atom is 0.143 e. The predicted molar refractivity (Wildman–Crippen MR) is 161 cm³/mol. The van der Waals surface area contributed by atoms with Gasteiger partial charge < -0.3 is 25.0 Å². The third kappa shape index (κ3) is 6.64. The molecule has 0 bridgehead atoms. The minimum Gasteiger partial charge on any atom is -0.496 e. The number of benzene rings is 1. The van der Waals surface area contributed by atoms with Crippen molar-refractivity contribution < 1.29 is 9.47 Å². The highest BCUT2D eigenvalue weighted by Crippen LogP contribution is 2.42. The summed E-state index contributed by atoms with van der Waals surface area (Å²) in [5, 5.41) is 7.02. The number of piperazine rings is 1. The lowest BCUT2D eigenvalue weighted by atomic mass is 10.1. The number of rotatable bonds is 10. The van der Waals surface area contributed by atoms with Crippen LogP contribution in [0, 0.1) is 6.92 Å². The Kier molecular flexibility index (Phi) is 9.07. The second-order valence-corrected chi connectivity index (χ2v) is 10.1. The van der Waals surface area contributed by atoms with Crippen molar-refractivity contribution in [1.29, 1.82) is 0 Å². The maximum atomic E-state index is 6.65. The van der Waals surface area contributed by atoms with E-state index in [2.05, 4.69) is 58.3 Å². The van der Waals surface area contributed by atoms with Crippen LogP contribution < -0.4 is 20.1 Å². The van der Waals surface area contributed by atoms with Crippen LogP contribution in [0.2, 0.25) is 5.02 Å². The first-order chi connectivity index (χ1) is 20.0. The number of methoxy groups -OCH3 is 2. The molecule has 5 rings (SSSR count). The summed E-state index contributed by atoms with van der Waals surface area (Å²) < 4.78 is 10.9. The normalized spacial score (nSPS) is 14.1. The van der Waals surface area contributed by atoms with E-state index in [-0.39, 0.29) is 0 Å². The average Bonchev–Trinajstić information content (AvgIpc) is 3.01. The topological polar surface area (TPSA) is 113 Å². The van der Waals surface area contributed by atoms with Crippen molar-refractivity contribution in [3.05, 3.63) is 65.5 Å². The van der Waals surface area contributed by atoms with E-state index in [1.165, 1.54) is 18.2 Å². The molecule has 0 unspecified atom stereocenters. The van der Waals surface area contributed by atoms with E-state index in [4.69, 9.17) is 21.1 Å². The maximum absolute atomic E-state index is 6.65. The van der Waals surface area contributed by atoms with Crippen LogP contribution in [0.1, 0.15) is 18.1 Å². The number of pyridine rings is 1. The Bertz CT molecular complexity index is 1450. The number of anilines is 4. The first-order valence-electron chi connectivity index (χ1n) is 13.5. The third-order valence-electron chi connectivity index (χ3n) is 7.18. The third-order valence-corrected chi connectivity index (χ3v) is 7.56. The molecule has 0 radical (unpaired) electrons. The quantitative estimate of drug-likeness (QED) is 0.268. The fraction of sp³-hybridized carbons (Fsp3) is 0.345. The van der Waals surface area contributed by atoms with Gasteiger partial charge in [-0.3, -0.25) is 4.90 Å². The summed E-state index contributed by atoms with van der Waals surface area (Å²) in [4.78, 5) is 27.1. The Balaban J connectivity index is 1.32. The number of likely N-dealkylation sites (N-methyl/N-ethyl adjacent to an activating group) is 1. The van der Waals surface area contributed by atoms with Gasteiger partial charge in [-0.2, -0.15) is 0 Å². The van der Waals surface area contributed by atoms with E-state index < -0.39 is 0 Å². The molecular formula is C29H34ClN9O2. The molecule has 0 spiro atoms. The highest BCUT2D eigenvalue weighted by atomic mass is 35.5. The molecule has 41 heavy (non-hydrogen) atoms. The summed E-state index contributed by atoms with van der Waals surface area (Å²) in [6.45, 7) is 10.5. The van der Waals surface area contributed by atoms with Crippen LogP contribution in [0.3, 0.4) is 0 Å². The summed E-state index contributed by atoms with van der Waals surface area (Å²) in [6, 6.07) is 7.65. The van der Waals surface area contributed by atoms with Gasteiger partial charge in [-0.15, -0.1) is 0 Å².